The normalized spacial score (nSPS) is 12.3. The van der Waals surface area contributed by atoms with E-state index in [1.807, 2.05) is 30.3 Å². The van der Waals surface area contributed by atoms with Crippen molar-refractivity contribution in [1.29, 1.82) is 0 Å². The Bertz CT molecular complexity index is 485. The van der Waals surface area contributed by atoms with E-state index in [0.717, 1.165) is 15.4 Å². The fourth-order valence-electron chi connectivity index (χ4n) is 1.84. The lowest BCUT2D eigenvalue weighted by Crippen LogP contribution is -2.08. The van der Waals surface area contributed by atoms with E-state index >= 15 is 0 Å². The average molecular weight is 370 g/mol. The van der Waals surface area contributed by atoms with Gasteiger partial charge in [0.25, 0.3) is 0 Å². The van der Waals surface area contributed by atoms with E-state index in [1.165, 1.54) is 5.56 Å². The smallest absolute Gasteiger partial charge is 0.108 e. The van der Waals surface area contributed by atoms with E-state index in [2.05, 4.69) is 56.1 Å². The molecule has 1 atom stereocenters. The number of rotatable bonds is 5. The standard InChI is InChI=1S/C15H14Br2O/c16-9-10-18-15(12-5-2-1-3-6-12)13-7-4-8-14(17)11-13/h1-8,11,15H,9-10H2. The molecule has 2 aromatic carbocycles. The van der Waals surface area contributed by atoms with E-state index in [0.29, 0.717) is 6.61 Å². The molecule has 94 valence electrons. The van der Waals surface area contributed by atoms with Crippen molar-refractivity contribution in [3.63, 3.8) is 0 Å². The molecule has 0 aromatic heterocycles. The van der Waals surface area contributed by atoms with Crippen molar-refractivity contribution < 1.29 is 4.74 Å². The summed E-state index contributed by atoms with van der Waals surface area (Å²) >= 11 is 6.91. The van der Waals surface area contributed by atoms with Gasteiger partial charge in [-0.1, -0.05) is 74.3 Å². The summed E-state index contributed by atoms with van der Waals surface area (Å²) in [6, 6.07) is 18.5. The lowest BCUT2D eigenvalue weighted by atomic mass is 10.0. The van der Waals surface area contributed by atoms with Crippen molar-refractivity contribution in [3.05, 3.63) is 70.2 Å². The van der Waals surface area contributed by atoms with Crippen LogP contribution < -0.4 is 0 Å². The summed E-state index contributed by atoms with van der Waals surface area (Å²) < 4.78 is 7.02. The van der Waals surface area contributed by atoms with Crippen LogP contribution in [0, 0.1) is 0 Å². The van der Waals surface area contributed by atoms with Gasteiger partial charge in [-0.05, 0) is 23.3 Å². The topological polar surface area (TPSA) is 9.23 Å². The van der Waals surface area contributed by atoms with Crippen LogP contribution in [0.4, 0.5) is 0 Å². The molecule has 0 saturated heterocycles. The highest BCUT2D eigenvalue weighted by Gasteiger charge is 2.14. The number of ether oxygens (including phenoxy) is 1. The summed E-state index contributed by atoms with van der Waals surface area (Å²) in [7, 11) is 0. The molecule has 1 unspecified atom stereocenters. The molecule has 0 bridgehead atoms. The first-order valence-electron chi connectivity index (χ1n) is 5.79. The second-order valence-electron chi connectivity index (χ2n) is 3.91. The first kappa shape index (κ1) is 13.8. The number of halogens is 2. The summed E-state index contributed by atoms with van der Waals surface area (Å²) in [5.41, 5.74) is 2.34. The Morgan fingerprint density at radius 2 is 1.67 bits per heavy atom. The van der Waals surface area contributed by atoms with Crippen LogP contribution in [0.5, 0.6) is 0 Å². The number of hydrogen-bond donors (Lipinski definition) is 0. The van der Waals surface area contributed by atoms with E-state index < -0.39 is 0 Å². The molecular weight excluding hydrogens is 356 g/mol. The zero-order valence-electron chi connectivity index (χ0n) is 9.85. The fraction of sp³-hybridized carbons (Fsp3) is 0.200. The minimum absolute atomic E-state index is 0.0127. The molecule has 0 radical (unpaired) electrons. The van der Waals surface area contributed by atoms with Crippen LogP contribution in [-0.2, 0) is 4.74 Å². The Morgan fingerprint density at radius 1 is 0.944 bits per heavy atom. The van der Waals surface area contributed by atoms with Gasteiger partial charge in [0.1, 0.15) is 6.10 Å². The molecule has 2 aromatic rings. The molecule has 0 amide bonds. The Hall–Kier alpha value is -0.640. The van der Waals surface area contributed by atoms with Crippen LogP contribution in [0.1, 0.15) is 17.2 Å². The molecule has 1 nitrogen and oxygen atoms in total. The van der Waals surface area contributed by atoms with Gasteiger partial charge in [0.05, 0.1) is 6.61 Å². The number of alkyl halides is 1. The molecule has 2 rings (SSSR count). The minimum Gasteiger partial charge on any atom is -0.368 e. The molecule has 18 heavy (non-hydrogen) atoms. The van der Waals surface area contributed by atoms with Crippen LogP contribution in [-0.4, -0.2) is 11.9 Å². The number of benzene rings is 2. The van der Waals surface area contributed by atoms with Crippen molar-refractivity contribution in [2.45, 2.75) is 6.10 Å². The molecular formula is C15H14Br2O. The fourth-order valence-corrected chi connectivity index (χ4v) is 2.45. The third kappa shape index (κ3) is 3.67. The van der Waals surface area contributed by atoms with Crippen LogP contribution in [0.3, 0.4) is 0 Å². The maximum Gasteiger partial charge on any atom is 0.108 e. The van der Waals surface area contributed by atoms with Gasteiger partial charge in [-0.2, -0.15) is 0 Å². The molecule has 0 aliphatic carbocycles. The first-order valence-corrected chi connectivity index (χ1v) is 7.70. The van der Waals surface area contributed by atoms with Gasteiger partial charge in [-0.3, -0.25) is 0 Å². The van der Waals surface area contributed by atoms with Crippen molar-refractivity contribution in [3.8, 4) is 0 Å². The summed E-state index contributed by atoms with van der Waals surface area (Å²) in [5, 5.41) is 0.838. The van der Waals surface area contributed by atoms with Crippen molar-refractivity contribution >= 4 is 31.9 Å². The van der Waals surface area contributed by atoms with Gasteiger partial charge in [0.2, 0.25) is 0 Å². The van der Waals surface area contributed by atoms with Gasteiger partial charge in [0.15, 0.2) is 0 Å². The van der Waals surface area contributed by atoms with Crippen molar-refractivity contribution in [1.82, 2.24) is 0 Å². The summed E-state index contributed by atoms with van der Waals surface area (Å²) in [6.45, 7) is 0.687. The summed E-state index contributed by atoms with van der Waals surface area (Å²) in [4.78, 5) is 0. The Labute approximate surface area is 124 Å². The Kier molecular flexibility index (Phi) is 5.42. The van der Waals surface area contributed by atoms with E-state index in [4.69, 9.17) is 4.74 Å². The monoisotopic (exact) mass is 368 g/mol. The molecule has 0 aliphatic rings. The second-order valence-corrected chi connectivity index (χ2v) is 5.61. The quantitative estimate of drug-likeness (QED) is 0.677. The average Bonchev–Trinajstić information content (AvgIpc) is 2.40. The third-order valence-electron chi connectivity index (χ3n) is 2.62. The largest absolute Gasteiger partial charge is 0.368 e. The molecule has 0 heterocycles. The van der Waals surface area contributed by atoms with Gasteiger partial charge >= 0.3 is 0 Å². The minimum atomic E-state index is -0.0127. The predicted octanol–water partition coefficient (Wildman–Crippen LogP) is 4.95. The van der Waals surface area contributed by atoms with Gasteiger partial charge < -0.3 is 4.74 Å². The van der Waals surface area contributed by atoms with Gasteiger partial charge in [-0.15, -0.1) is 0 Å². The molecule has 0 spiro atoms. The zero-order chi connectivity index (χ0) is 12.8. The lowest BCUT2D eigenvalue weighted by Gasteiger charge is -2.18. The van der Waals surface area contributed by atoms with Gasteiger partial charge in [-0.25, -0.2) is 0 Å². The summed E-state index contributed by atoms with van der Waals surface area (Å²) in [5.74, 6) is 0. The molecule has 0 aliphatic heterocycles. The SMILES string of the molecule is BrCCOC(c1ccccc1)c1cccc(Br)c1. The van der Waals surface area contributed by atoms with E-state index in [1.54, 1.807) is 0 Å². The Morgan fingerprint density at radius 3 is 2.33 bits per heavy atom. The molecule has 0 N–H and O–H groups in total. The van der Waals surface area contributed by atoms with E-state index in [9.17, 15) is 0 Å². The maximum atomic E-state index is 5.95. The first-order chi connectivity index (χ1) is 8.81. The molecule has 0 saturated carbocycles. The van der Waals surface area contributed by atoms with Crippen molar-refractivity contribution in [2.24, 2.45) is 0 Å². The second kappa shape index (κ2) is 7.07. The molecule has 0 fully saturated rings. The number of hydrogen-bond acceptors (Lipinski definition) is 1. The zero-order valence-corrected chi connectivity index (χ0v) is 13.0. The molecule has 3 heteroatoms. The van der Waals surface area contributed by atoms with Crippen LogP contribution in [0.2, 0.25) is 0 Å². The highest BCUT2D eigenvalue weighted by Crippen LogP contribution is 2.27. The van der Waals surface area contributed by atoms with E-state index in [-0.39, 0.29) is 6.10 Å². The lowest BCUT2D eigenvalue weighted by molar-refractivity contribution is 0.0940. The van der Waals surface area contributed by atoms with Gasteiger partial charge in [0, 0.05) is 9.80 Å². The highest BCUT2D eigenvalue weighted by atomic mass is 79.9. The third-order valence-corrected chi connectivity index (χ3v) is 3.43. The Balaban J connectivity index is 2.31. The maximum absolute atomic E-state index is 5.95. The van der Waals surface area contributed by atoms with Crippen molar-refractivity contribution in [2.75, 3.05) is 11.9 Å². The predicted molar refractivity (Wildman–Crippen MR) is 82.2 cm³/mol. The van der Waals surface area contributed by atoms with Crippen LogP contribution >= 0.6 is 31.9 Å². The summed E-state index contributed by atoms with van der Waals surface area (Å²) in [6.07, 6.45) is -0.0127. The highest BCUT2D eigenvalue weighted by molar-refractivity contribution is 9.10. The van der Waals surface area contributed by atoms with Crippen LogP contribution in [0.25, 0.3) is 0 Å². The van der Waals surface area contributed by atoms with Crippen LogP contribution in [0.15, 0.2) is 59.1 Å².